The van der Waals surface area contributed by atoms with Gasteiger partial charge in [0.15, 0.2) is 0 Å². The van der Waals surface area contributed by atoms with Gasteiger partial charge in [0.1, 0.15) is 6.61 Å². The Morgan fingerprint density at radius 3 is 2.14 bits per heavy atom. The maximum atomic E-state index is 12.5. The molecule has 1 amide bonds. The minimum absolute atomic E-state index is 0.0959. The van der Waals surface area contributed by atoms with Crippen LogP contribution in [0.15, 0.2) is 24.3 Å². The lowest BCUT2D eigenvalue weighted by atomic mass is 10.1. The van der Waals surface area contributed by atoms with E-state index in [1.165, 1.54) is 0 Å². The van der Waals surface area contributed by atoms with Crippen LogP contribution in [0.5, 0.6) is 0 Å². The molecule has 0 atom stereocenters. The summed E-state index contributed by atoms with van der Waals surface area (Å²) in [6, 6.07) is 7.28. The van der Waals surface area contributed by atoms with Gasteiger partial charge in [-0.1, -0.05) is 38.5 Å². The summed E-state index contributed by atoms with van der Waals surface area (Å²) in [5.74, 6) is 5.53. The minimum Gasteiger partial charge on any atom is -0.384 e. The summed E-state index contributed by atoms with van der Waals surface area (Å²) < 4.78 is 0. The van der Waals surface area contributed by atoms with Crippen LogP contribution in [0.25, 0.3) is 0 Å². The fourth-order valence-corrected chi connectivity index (χ4v) is 2.03. The van der Waals surface area contributed by atoms with Gasteiger partial charge in [-0.05, 0) is 37.1 Å². The molecule has 1 N–H and O–H groups in total. The molecule has 21 heavy (non-hydrogen) atoms. The van der Waals surface area contributed by atoms with Crippen molar-refractivity contribution < 1.29 is 9.90 Å². The Bertz CT molecular complexity index is 474. The first-order valence-corrected chi connectivity index (χ1v) is 7.72. The van der Waals surface area contributed by atoms with Crippen LogP contribution in [0.1, 0.15) is 55.5 Å². The number of aliphatic hydroxyl groups excluding tert-OH is 1. The van der Waals surface area contributed by atoms with Gasteiger partial charge in [0.05, 0.1) is 0 Å². The summed E-state index contributed by atoms with van der Waals surface area (Å²) in [5.41, 5.74) is 1.52. The monoisotopic (exact) mass is 287 g/mol. The molecule has 0 fully saturated rings. The topological polar surface area (TPSA) is 40.5 Å². The third-order valence-electron chi connectivity index (χ3n) is 3.29. The van der Waals surface area contributed by atoms with Crippen molar-refractivity contribution in [2.45, 2.75) is 39.5 Å². The summed E-state index contributed by atoms with van der Waals surface area (Å²) >= 11 is 0. The van der Waals surface area contributed by atoms with E-state index in [4.69, 9.17) is 5.11 Å². The van der Waals surface area contributed by atoms with E-state index in [0.717, 1.165) is 44.3 Å². The molecule has 0 radical (unpaired) electrons. The lowest BCUT2D eigenvalue weighted by molar-refractivity contribution is 0.0751. The van der Waals surface area contributed by atoms with E-state index in [0.29, 0.717) is 5.56 Å². The molecule has 1 aromatic rings. The molecule has 0 bridgehead atoms. The van der Waals surface area contributed by atoms with Crippen molar-refractivity contribution in [3.63, 3.8) is 0 Å². The van der Waals surface area contributed by atoms with Crippen molar-refractivity contribution in [1.29, 1.82) is 0 Å². The maximum Gasteiger partial charge on any atom is 0.253 e. The van der Waals surface area contributed by atoms with Crippen LogP contribution in [0.4, 0.5) is 0 Å². The summed E-state index contributed by atoms with van der Waals surface area (Å²) in [4.78, 5) is 14.5. The second-order valence-corrected chi connectivity index (χ2v) is 5.04. The number of rotatable bonds is 7. The second-order valence-electron chi connectivity index (χ2n) is 5.04. The molecule has 1 aromatic carbocycles. The van der Waals surface area contributed by atoms with Crippen LogP contribution in [0.3, 0.4) is 0 Å². The Balaban J connectivity index is 2.77. The van der Waals surface area contributed by atoms with Crippen LogP contribution >= 0.6 is 0 Å². The van der Waals surface area contributed by atoms with Crippen molar-refractivity contribution in [2.24, 2.45) is 0 Å². The van der Waals surface area contributed by atoms with E-state index in [1.807, 2.05) is 29.2 Å². The first kappa shape index (κ1) is 17.3. The predicted octanol–water partition coefficient (Wildman–Crippen LogP) is 3.07. The first-order valence-electron chi connectivity index (χ1n) is 7.72. The minimum atomic E-state index is -0.150. The number of unbranched alkanes of at least 4 members (excludes halogenated alkanes) is 2. The van der Waals surface area contributed by atoms with E-state index in [-0.39, 0.29) is 12.5 Å². The number of hydrogen-bond acceptors (Lipinski definition) is 2. The quantitative estimate of drug-likeness (QED) is 0.783. The van der Waals surface area contributed by atoms with Crippen LogP contribution in [0.2, 0.25) is 0 Å². The van der Waals surface area contributed by atoms with Gasteiger partial charge in [-0.2, -0.15) is 0 Å². The van der Waals surface area contributed by atoms with E-state index < -0.39 is 0 Å². The summed E-state index contributed by atoms with van der Waals surface area (Å²) in [5, 5.41) is 8.67. The SMILES string of the molecule is CCCCN(CCCC)C(=O)c1ccc(C#CCO)cc1. The van der Waals surface area contributed by atoms with Crippen molar-refractivity contribution in [3.05, 3.63) is 35.4 Å². The van der Waals surface area contributed by atoms with Gasteiger partial charge < -0.3 is 10.0 Å². The molecule has 1 rings (SSSR count). The molecular formula is C18H25NO2. The molecule has 0 aliphatic carbocycles. The summed E-state index contributed by atoms with van der Waals surface area (Å²) in [7, 11) is 0. The van der Waals surface area contributed by atoms with Gasteiger partial charge >= 0.3 is 0 Å². The normalized spacial score (nSPS) is 9.86. The second kappa shape index (κ2) is 10.0. The molecule has 0 saturated heterocycles. The molecule has 3 nitrogen and oxygen atoms in total. The van der Waals surface area contributed by atoms with Crippen molar-refractivity contribution in [3.8, 4) is 11.8 Å². The highest BCUT2D eigenvalue weighted by Crippen LogP contribution is 2.09. The van der Waals surface area contributed by atoms with E-state index in [9.17, 15) is 4.79 Å². The van der Waals surface area contributed by atoms with E-state index >= 15 is 0 Å². The summed E-state index contributed by atoms with van der Waals surface area (Å²) in [6.45, 7) is 5.76. The van der Waals surface area contributed by atoms with E-state index in [1.54, 1.807) is 0 Å². The molecule has 3 heteroatoms. The third kappa shape index (κ3) is 6.01. The molecule has 114 valence electrons. The summed E-state index contributed by atoms with van der Waals surface area (Å²) in [6.07, 6.45) is 4.25. The molecule has 0 aliphatic heterocycles. The number of carbonyl (C=O) groups excluding carboxylic acids is 1. The van der Waals surface area contributed by atoms with Crippen molar-refractivity contribution >= 4 is 5.91 Å². The van der Waals surface area contributed by atoms with Crippen molar-refractivity contribution in [2.75, 3.05) is 19.7 Å². The Morgan fingerprint density at radius 1 is 1.10 bits per heavy atom. The average Bonchev–Trinajstić information content (AvgIpc) is 2.53. The van der Waals surface area contributed by atoms with E-state index in [2.05, 4.69) is 25.7 Å². The Labute approximate surface area is 128 Å². The number of amides is 1. The van der Waals surface area contributed by atoms with Crippen LogP contribution in [0, 0.1) is 11.8 Å². The highest BCUT2D eigenvalue weighted by atomic mass is 16.2. The van der Waals surface area contributed by atoms with Crippen LogP contribution in [-0.4, -0.2) is 35.6 Å². The lowest BCUT2D eigenvalue weighted by Gasteiger charge is -2.22. The fourth-order valence-electron chi connectivity index (χ4n) is 2.03. The molecule has 0 spiro atoms. The molecule has 0 aliphatic rings. The Kier molecular flexibility index (Phi) is 8.23. The maximum absolute atomic E-state index is 12.5. The molecule has 0 unspecified atom stereocenters. The van der Waals surface area contributed by atoms with Gasteiger partial charge in [-0.15, -0.1) is 0 Å². The molecule has 0 saturated carbocycles. The van der Waals surface area contributed by atoms with Crippen LogP contribution < -0.4 is 0 Å². The fraction of sp³-hybridized carbons (Fsp3) is 0.500. The largest absolute Gasteiger partial charge is 0.384 e. The van der Waals surface area contributed by atoms with Crippen LogP contribution in [-0.2, 0) is 0 Å². The number of benzene rings is 1. The standard InChI is InChI=1S/C18H25NO2/c1-3-5-13-19(14-6-4-2)18(21)17-11-9-16(10-12-17)8-7-15-20/h9-12,20H,3-6,13-15H2,1-2H3. The highest BCUT2D eigenvalue weighted by Gasteiger charge is 2.14. The van der Waals surface area contributed by atoms with Gasteiger partial charge in [-0.3, -0.25) is 4.79 Å². The zero-order chi connectivity index (χ0) is 15.5. The smallest absolute Gasteiger partial charge is 0.253 e. The molecular weight excluding hydrogens is 262 g/mol. The number of hydrogen-bond donors (Lipinski definition) is 1. The van der Waals surface area contributed by atoms with Gasteiger partial charge in [0.25, 0.3) is 5.91 Å². The Morgan fingerprint density at radius 2 is 1.67 bits per heavy atom. The highest BCUT2D eigenvalue weighted by molar-refractivity contribution is 5.94. The third-order valence-corrected chi connectivity index (χ3v) is 3.29. The number of nitrogens with zero attached hydrogens (tertiary/aromatic N) is 1. The van der Waals surface area contributed by atoms with Gasteiger partial charge in [0, 0.05) is 24.2 Å². The van der Waals surface area contributed by atoms with Gasteiger partial charge in [-0.25, -0.2) is 0 Å². The Hall–Kier alpha value is -1.79. The predicted molar refractivity (Wildman–Crippen MR) is 86.1 cm³/mol. The zero-order valence-electron chi connectivity index (χ0n) is 13.1. The average molecular weight is 287 g/mol. The zero-order valence-corrected chi connectivity index (χ0v) is 13.1. The first-order chi connectivity index (χ1) is 10.2. The lowest BCUT2D eigenvalue weighted by Crippen LogP contribution is -2.32. The molecule has 0 aromatic heterocycles. The molecule has 0 heterocycles. The van der Waals surface area contributed by atoms with Gasteiger partial charge in [0.2, 0.25) is 0 Å². The number of aliphatic hydroxyl groups is 1. The number of carbonyl (C=O) groups is 1. The van der Waals surface area contributed by atoms with Crippen molar-refractivity contribution in [1.82, 2.24) is 4.90 Å².